The van der Waals surface area contributed by atoms with Crippen molar-refractivity contribution in [1.29, 1.82) is 0 Å². The zero-order valence-electron chi connectivity index (χ0n) is 12.9. The predicted octanol–water partition coefficient (Wildman–Crippen LogP) is 3.40. The smallest absolute Gasteiger partial charge is 0.405 e. The Balaban J connectivity index is 1.84. The highest BCUT2D eigenvalue weighted by molar-refractivity contribution is 7.92. The van der Waals surface area contributed by atoms with Gasteiger partial charge in [-0.3, -0.25) is 4.72 Å². The van der Waals surface area contributed by atoms with E-state index in [1.165, 1.54) is 36.4 Å². The molecule has 0 aliphatic carbocycles. The maximum atomic E-state index is 12.6. The van der Waals surface area contributed by atoms with E-state index < -0.39 is 22.7 Å². The molecule has 2 N–H and O–H groups in total. The Labute approximate surface area is 142 Å². The SMILES string of the molecule is O=S(=O)(Nc1ccccc1NCC(F)(F)F)c1ccc2c(c1)CCO2. The van der Waals surface area contributed by atoms with Crippen LogP contribution in [0.15, 0.2) is 47.4 Å². The number of hydrogen-bond acceptors (Lipinski definition) is 4. The molecule has 134 valence electrons. The van der Waals surface area contributed by atoms with E-state index in [9.17, 15) is 21.6 Å². The molecule has 0 saturated heterocycles. The van der Waals surface area contributed by atoms with Crippen LogP contribution in [0.4, 0.5) is 24.5 Å². The van der Waals surface area contributed by atoms with Gasteiger partial charge in [0, 0.05) is 6.42 Å². The second kappa shape index (κ2) is 6.47. The number of sulfonamides is 1. The second-order valence-electron chi connectivity index (χ2n) is 5.49. The van der Waals surface area contributed by atoms with E-state index in [0.717, 1.165) is 5.56 Å². The zero-order chi connectivity index (χ0) is 18.1. The number of anilines is 2. The van der Waals surface area contributed by atoms with E-state index in [0.29, 0.717) is 18.8 Å². The van der Waals surface area contributed by atoms with Crippen LogP contribution in [0.3, 0.4) is 0 Å². The molecular formula is C16H15F3N2O3S. The van der Waals surface area contributed by atoms with Crippen molar-refractivity contribution >= 4 is 21.4 Å². The fraction of sp³-hybridized carbons (Fsp3) is 0.250. The number of ether oxygens (including phenoxy) is 1. The molecule has 1 aliphatic rings. The monoisotopic (exact) mass is 372 g/mol. The van der Waals surface area contributed by atoms with Crippen LogP contribution in [0, 0.1) is 0 Å². The molecule has 2 aromatic carbocycles. The first kappa shape index (κ1) is 17.4. The van der Waals surface area contributed by atoms with Crippen molar-refractivity contribution in [3.63, 3.8) is 0 Å². The molecule has 3 rings (SSSR count). The van der Waals surface area contributed by atoms with Gasteiger partial charge in [-0.15, -0.1) is 0 Å². The average Bonchev–Trinajstić information content (AvgIpc) is 3.00. The third-order valence-corrected chi connectivity index (χ3v) is 4.99. The van der Waals surface area contributed by atoms with Crippen molar-refractivity contribution < 1.29 is 26.3 Å². The lowest BCUT2D eigenvalue weighted by molar-refractivity contribution is -0.115. The molecule has 0 unspecified atom stereocenters. The van der Waals surface area contributed by atoms with Crippen molar-refractivity contribution in [2.24, 2.45) is 0 Å². The molecular weight excluding hydrogens is 357 g/mol. The third-order valence-electron chi connectivity index (χ3n) is 3.62. The van der Waals surface area contributed by atoms with Crippen LogP contribution in [0.1, 0.15) is 5.56 Å². The third kappa shape index (κ3) is 4.16. The van der Waals surface area contributed by atoms with Crippen LogP contribution >= 0.6 is 0 Å². The van der Waals surface area contributed by atoms with Crippen LogP contribution in [-0.2, 0) is 16.4 Å². The summed E-state index contributed by atoms with van der Waals surface area (Å²) in [5, 5.41) is 2.20. The number of halogens is 3. The predicted molar refractivity (Wildman–Crippen MR) is 87.4 cm³/mol. The fourth-order valence-electron chi connectivity index (χ4n) is 2.46. The number of rotatable bonds is 5. The van der Waals surface area contributed by atoms with Gasteiger partial charge in [-0.1, -0.05) is 12.1 Å². The normalized spacial score (nSPS) is 13.9. The summed E-state index contributed by atoms with van der Waals surface area (Å²) in [5.74, 6) is 0.645. The zero-order valence-corrected chi connectivity index (χ0v) is 13.7. The summed E-state index contributed by atoms with van der Waals surface area (Å²) >= 11 is 0. The summed E-state index contributed by atoms with van der Waals surface area (Å²) in [6.07, 6.45) is -3.80. The molecule has 1 heterocycles. The van der Waals surface area contributed by atoms with E-state index in [1.54, 1.807) is 6.07 Å². The highest BCUT2D eigenvalue weighted by atomic mass is 32.2. The molecule has 2 aromatic rings. The van der Waals surface area contributed by atoms with Crippen molar-refractivity contribution in [3.8, 4) is 5.75 Å². The van der Waals surface area contributed by atoms with Gasteiger partial charge in [0.15, 0.2) is 0 Å². The Hall–Kier alpha value is -2.42. The lowest BCUT2D eigenvalue weighted by Crippen LogP contribution is -2.22. The molecule has 25 heavy (non-hydrogen) atoms. The van der Waals surface area contributed by atoms with Gasteiger partial charge < -0.3 is 10.1 Å². The molecule has 0 amide bonds. The number of alkyl halides is 3. The molecule has 0 fully saturated rings. The van der Waals surface area contributed by atoms with E-state index in [1.807, 2.05) is 0 Å². The Kier molecular flexibility index (Phi) is 4.51. The molecule has 1 aliphatic heterocycles. The lowest BCUT2D eigenvalue weighted by Gasteiger charge is -2.15. The minimum Gasteiger partial charge on any atom is -0.493 e. The Morgan fingerprint density at radius 1 is 1.08 bits per heavy atom. The Morgan fingerprint density at radius 2 is 1.80 bits per heavy atom. The van der Waals surface area contributed by atoms with E-state index in [-0.39, 0.29) is 16.3 Å². The van der Waals surface area contributed by atoms with E-state index in [4.69, 9.17) is 4.74 Å². The molecule has 0 spiro atoms. The van der Waals surface area contributed by atoms with E-state index >= 15 is 0 Å². The average molecular weight is 372 g/mol. The fourth-order valence-corrected chi connectivity index (χ4v) is 3.59. The molecule has 5 nitrogen and oxygen atoms in total. The quantitative estimate of drug-likeness (QED) is 0.844. The summed E-state index contributed by atoms with van der Waals surface area (Å²) in [6, 6.07) is 10.3. The molecule has 0 aromatic heterocycles. The molecule has 9 heteroatoms. The maximum absolute atomic E-state index is 12.6. The van der Waals surface area contributed by atoms with E-state index in [2.05, 4.69) is 10.0 Å². The summed E-state index contributed by atoms with van der Waals surface area (Å²) < 4.78 is 69.9. The molecule has 0 bridgehead atoms. The number of hydrogen-bond donors (Lipinski definition) is 2. The molecule has 0 radical (unpaired) electrons. The van der Waals surface area contributed by atoms with Gasteiger partial charge in [-0.2, -0.15) is 13.2 Å². The standard InChI is InChI=1S/C16H15F3N2O3S/c17-16(18,19)10-20-13-3-1-2-4-14(13)21-25(22,23)12-5-6-15-11(9-12)7-8-24-15/h1-6,9,20-21H,7-8,10H2. The molecule has 0 atom stereocenters. The first-order chi connectivity index (χ1) is 11.7. The summed E-state index contributed by atoms with van der Waals surface area (Å²) in [6.45, 7) is -0.765. The first-order valence-electron chi connectivity index (χ1n) is 7.43. The van der Waals surface area contributed by atoms with Gasteiger partial charge in [0.2, 0.25) is 0 Å². The Bertz CT molecular complexity index is 882. The maximum Gasteiger partial charge on any atom is 0.405 e. The highest BCUT2D eigenvalue weighted by Gasteiger charge is 2.27. The number of para-hydroxylation sites is 2. The number of nitrogens with one attached hydrogen (secondary N) is 2. The van der Waals surface area contributed by atoms with Crippen molar-refractivity contribution in [3.05, 3.63) is 48.0 Å². The summed E-state index contributed by atoms with van der Waals surface area (Å²) in [4.78, 5) is 0.0300. The minimum absolute atomic E-state index is 0.0300. The van der Waals surface area contributed by atoms with Gasteiger partial charge in [-0.25, -0.2) is 8.42 Å². The van der Waals surface area contributed by atoms with Gasteiger partial charge in [0.25, 0.3) is 10.0 Å². The largest absolute Gasteiger partial charge is 0.493 e. The van der Waals surface area contributed by atoms with Crippen molar-refractivity contribution in [1.82, 2.24) is 0 Å². The summed E-state index contributed by atoms with van der Waals surface area (Å²) in [7, 11) is -3.94. The van der Waals surface area contributed by atoms with Crippen LogP contribution in [-0.4, -0.2) is 27.7 Å². The second-order valence-corrected chi connectivity index (χ2v) is 7.17. The summed E-state index contributed by atoms with van der Waals surface area (Å²) in [5.41, 5.74) is 0.878. The Morgan fingerprint density at radius 3 is 2.52 bits per heavy atom. The van der Waals surface area contributed by atoms with Crippen LogP contribution in [0.2, 0.25) is 0 Å². The van der Waals surface area contributed by atoms with Crippen molar-refractivity contribution in [2.75, 3.05) is 23.2 Å². The minimum atomic E-state index is -4.41. The van der Waals surface area contributed by atoms with Gasteiger partial charge in [-0.05, 0) is 35.9 Å². The topological polar surface area (TPSA) is 67.4 Å². The molecule has 0 saturated carbocycles. The van der Waals surface area contributed by atoms with Crippen LogP contribution < -0.4 is 14.8 Å². The lowest BCUT2D eigenvalue weighted by atomic mass is 10.2. The first-order valence-corrected chi connectivity index (χ1v) is 8.91. The van der Waals surface area contributed by atoms with Crippen molar-refractivity contribution in [2.45, 2.75) is 17.5 Å². The highest BCUT2D eigenvalue weighted by Crippen LogP contribution is 2.30. The van der Waals surface area contributed by atoms with Crippen LogP contribution in [0.25, 0.3) is 0 Å². The number of fused-ring (bicyclic) bond motifs is 1. The number of benzene rings is 2. The van der Waals surface area contributed by atoms with Gasteiger partial charge in [0.1, 0.15) is 12.3 Å². The van der Waals surface area contributed by atoms with Gasteiger partial charge in [0.05, 0.1) is 22.9 Å². The van der Waals surface area contributed by atoms with Crippen LogP contribution in [0.5, 0.6) is 5.75 Å². The van der Waals surface area contributed by atoms with Gasteiger partial charge >= 0.3 is 6.18 Å².